The van der Waals surface area contributed by atoms with E-state index in [9.17, 15) is 4.79 Å². The molecule has 0 bridgehead atoms. The molecule has 25 heavy (non-hydrogen) atoms. The first-order valence-corrected chi connectivity index (χ1v) is 8.72. The number of rotatable bonds is 7. The van der Waals surface area contributed by atoms with Crippen LogP contribution < -0.4 is 10.1 Å². The largest absolute Gasteiger partial charge is 0.494 e. The van der Waals surface area contributed by atoms with Crippen LogP contribution in [0.4, 0.5) is 5.95 Å². The molecule has 0 saturated carbocycles. The van der Waals surface area contributed by atoms with Gasteiger partial charge in [0.2, 0.25) is 5.95 Å². The average Bonchev–Trinajstić information content (AvgIpc) is 3.06. The van der Waals surface area contributed by atoms with E-state index in [0.717, 1.165) is 30.0 Å². The topological polar surface area (TPSA) is 69.0 Å². The van der Waals surface area contributed by atoms with Crippen LogP contribution in [-0.4, -0.2) is 27.2 Å². The predicted molar refractivity (Wildman–Crippen MR) is 96.6 cm³/mol. The van der Waals surface area contributed by atoms with E-state index in [2.05, 4.69) is 22.3 Å². The molecule has 1 aliphatic rings. The van der Waals surface area contributed by atoms with Gasteiger partial charge in [-0.15, -0.1) is 0 Å². The van der Waals surface area contributed by atoms with Gasteiger partial charge in [0.25, 0.3) is 0 Å². The number of hydrogen-bond acceptors (Lipinski definition) is 5. The van der Waals surface area contributed by atoms with Crippen molar-refractivity contribution in [3.8, 4) is 5.75 Å². The Labute approximate surface area is 147 Å². The SMILES string of the molecule is CCCCCOc1ccc(C2C(C(C)=O)=C(C)Nc3ncnn32)cc1. The highest BCUT2D eigenvalue weighted by Crippen LogP contribution is 2.35. The predicted octanol–water partition coefficient (Wildman–Crippen LogP) is 3.73. The maximum absolute atomic E-state index is 12.2. The third kappa shape index (κ3) is 3.57. The first-order valence-electron chi connectivity index (χ1n) is 8.72. The third-order valence-electron chi connectivity index (χ3n) is 4.39. The second kappa shape index (κ2) is 7.51. The lowest BCUT2D eigenvalue weighted by Crippen LogP contribution is -2.27. The first kappa shape index (κ1) is 17.2. The Kier molecular flexibility index (Phi) is 5.16. The number of allylic oxidation sites excluding steroid dienone is 2. The fourth-order valence-electron chi connectivity index (χ4n) is 3.14. The van der Waals surface area contributed by atoms with E-state index in [1.165, 1.54) is 19.2 Å². The maximum Gasteiger partial charge on any atom is 0.226 e. The molecule has 132 valence electrons. The molecule has 2 aromatic rings. The van der Waals surface area contributed by atoms with Crippen molar-refractivity contribution in [2.75, 3.05) is 11.9 Å². The minimum Gasteiger partial charge on any atom is -0.494 e. The number of nitrogens with zero attached hydrogens (tertiary/aromatic N) is 3. The number of nitrogens with one attached hydrogen (secondary N) is 1. The van der Waals surface area contributed by atoms with Gasteiger partial charge in [-0.05, 0) is 38.0 Å². The van der Waals surface area contributed by atoms with Crippen molar-refractivity contribution in [3.05, 3.63) is 47.4 Å². The van der Waals surface area contributed by atoms with Gasteiger partial charge < -0.3 is 10.1 Å². The number of Topliss-reactive ketones (excluding diaryl/α,β-unsaturated/α-hetero) is 1. The molecular formula is C19H24N4O2. The summed E-state index contributed by atoms with van der Waals surface area (Å²) in [6, 6.07) is 7.62. The molecule has 1 aliphatic heterocycles. The Morgan fingerprint density at radius 3 is 2.72 bits per heavy atom. The van der Waals surface area contributed by atoms with E-state index in [1.54, 1.807) is 11.6 Å². The number of carbonyl (C=O) groups is 1. The second-order valence-electron chi connectivity index (χ2n) is 6.28. The molecule has 0 saturated heterocycles. The highest BCUT2D eigenvalue weighted by Gasteiger charge is 2.31. The Balaban J connectivity index is 1.85. The molecule has 1 atom stereocenters. The quantitative estimate of drug-likeness (QED) is 0.778. The molecule has 0 spiro atoms. The molecule has 6 nitrogen and oxygen atoms in total. The summed E-state index contributed by atoms with van der Waals surface area (Å²) in [7, 11) is 0. The van der Waals surface area contributed by atoms with Gasteiger partial charge in [0.05, 0.1) is 6.61 Å². The highest BCUT2D eigenvalue weighted by molar-refractivity contribution is 5.96. The Bertz CT molecular complexity index is 777. The number of ketones is 1. The highest BCUT2D eigenvalue weighted by atomic mass is 16.5. The summed E-state index contributed by atoms with van der Waals surface area (Å²) in [5, 5.41) is 7.45. The molecule has 0 amide bonds. The fourth-order valence-corrected chi connectivity index (χ4v) is 3.14. The summed E-state index contributed by atoms with van der Waals surface area (Å²) in [5.74, 6) is 1.51. The molecular weight excluding hydrogens is 316 g/mol. The first-order chi connectivity index (χ1) is 12.1. The van der Waals surface area contributed by atoms with E-state index < -0.39 is 0 Å². The number of hydrogen-bond donors (Lipinski definition) is 1. The van der Waals surface area contributed by atoms with Crippen molar-refractivity contribution < 1.29 is 9.53 Å². The lowest BCUT2D eigenvalue weighted by molar-refractivity contribution is -0.114. The van der Waals surface area contributed by atoms with Crippen molar-refractivity contribution in [2.45, 2.75) is 46.1 Å². The van der Waals surface area contributed by atoms with E-state index in [1.807, 2.05) is 31.2 Å². The standard InChI is InChI=1S/C19H24N4O2/c1-4-5-6-11-25-16-9-7-15(8-10-16)18-17(14(3)24)13(2)22-19-20-12-21-23(18)19/h7-10,12,18H,4-6,11H2,1-3H3,(H,20,21,22). The normalized spacial score (nSPS) is 16.4. The molecule has 0 fully saturated rings. The molecule has 1 aromatic heterocycles. The average molecular weight is 340 g/mol. The number of ether oxygens (including phenoxy) is 1. The zero-order valence-corrected chi connectivity index (χ0v) is 15.0. The van der Waals surface area contributed by atoms with Crippen LogP contribution in [0.5, 0.6) is 5.75 Å². The molecule has 1 aromatic carbocycles. The van der Waals surface area contributed by atoms with Crippen LogP contribution in [0, 0.1) is 0 Å². The van der Waals surface area contributed by atoms with Gasteiger partial charge in [0, 0.05) is 11.3 Å². The van der Waals surface area contributed by atoms with Gasteiger partial charge in [0.1, 0.15) is 18.1 Å². The van der Waals surface area contributed by atoms with E-state index in [4.69, 9.17) is 4.74 Å². The van der Waals surface area contributed by atoms with Crippen molar-refractivity contribution in [2.24, 2.45) is 0 Å². The van der Waals surface area contributed by atoms with Gasteiger partial charge in [-0.2, -0.15) is 10.1 Å². The van der Waals surface area contributed by atoms with Gasteiger partial charge in [0.15, 0.2) is 5.78 Å². The molecule has 1 N–H and O–H groups in total. The van der Waals surface area contributed by atoms with E-state index >= 15 is 0 Å². The van der Waals surface area contributed by atoms with Gasteiger partial charge >= 0.3 is 0 Å². The molecule has 0 radical (unpaired) electrons. The third-order valence-corrected chi connectivity index (χ3v) is 4.39. The molecule has 2 heterocycles. The Hall–Kier alpha value is -2.63. The van der Waals surface area contributed by atoms with Crippen LogP contribution in [0.2, 0.25) is 0 Å². The molecule has 6 heteroatoms. The van der Waals surface area contributed by atoms with Crippen LogP contribution in [0.15, 0.2) is 41.9 Å². The minimum absolute atomic E-state index is 0.0241. The molecule has 1 unspecified atom stereocenters. The summed E-state index contributed by atoms with van der Waals surface area (Å²) in [5.41, 5.74) is 2.51. The zero-order chi connectivity index (χ0) is 17.8. The monoisotopic (exact) mass is 340 g/mol. The summed E-state index contributed by atoms with van der Waals surface area (Å²) >= 11 is 0. The van der Waals surface area contributed by atoms with Crippen LogP contribution in [-0.2, 0) is 4.79 Å². The van der Waals surface area contributed by atoms with Crippen LogP contribution in [0.3, 0.4) is 0 Å². The molecule has 0 aliphatic carbocycles. The summed E-state index contributed by atoms with van der Waals surface area (Å²) in [6.45, 7) is 6.38. The number of fused-ring (bicyclic) bond motifs is 1. The van der Waals surface area contributed by atoms with Crippen LogP contribution >= 0.6 is 0 Å². The smallest absolute Gasteiger partial charge is 0.226 e. The summed E-state index contributed by atoms with van der Waals surface area (Å²) in [6.07, 6.45) is 4.91. The number of benzene rings is 1. The van der Waals surface area contributed by atoms with Crippen molar-refractivity contribution >= 4 is 11.7 Å². The van der Waals surface area contributed by atoms with Crippen LogP contribution in [0.25, 0.3) is 0 Å². The van der Waals surface area contributed by atoms with Crippen LogP contribution in [0.1, 0.15) is 51.6 Å². The number of aromatic nitrogens is 3. The zero-order valence-electron chi connectivity index (χ0n) is 15.0. The number of anilines is 1. The van der Waals surface area contributed by atoms with Gasteiger partial charge in [-0.25, -0.2) is 4.68 Å². The fraction of sp³-hybridized carbons (Fsp3) is 0.421. The van der Waals surface area contributed by atoms with Crippen molar-refractivity contribution in [3.63, 3.8) is 0 Å². The number of unbranched alkanes of at least 4 members (excludes halogenated alkanes) is 2. The summed E-state index contributed by atoms with van der Waals surface area (Å²) < 4.78 is 7.53. The minimum atomic E-state index is -0.273. The Morgan fingerprint density at radius 2 is 2.04 bits per heavy atom. The lowest BCUT2D eigenvalue weighted by atomic mass is 9.93. The van der Waals surface area contributed by atoms with E-state index in [-0.39, 0.29) is 11.8 Å². The van der Waals surface area contributed by atoms with Crippen molar-refractivity contribution in [1.29, 1.82) is 0 Å². The summed E-state index contributed by atoms with van der Waals surface area (Å²) in [4.78, 5) is 16.4. The van der Waals surface area contributed by atoms with E-state index in [0.29, 0.717) is 11.5 Å². The lowest BCUT2D eigenvalue weighted by Gasteiger charge is -2.28. The Morgan fingerprint density at radius 1 is 1.28 bits per heavy atom. The van der Waals surface area contributed by atoms with Crippen molar-refractivity contribution in [1.82, 2.24) is 14.8 Å². The molecule has 3 rings (SSSR count). The van der Waals surface area contributed by atoms with Gasteiger partial charge in [-0.3, -0.25) is 4.79 Å². The second-order valence-corrected chi connectivity index (χ2v) is 6.28. The maximum atomic E-state index is 12.2. The van der Waals surface area contributed by atoms with Gasteiger partial charge in [-0.1, -0.05) is 31.9 Å². The number of carbonyl (C=O) groups excluding carboxylic acids is 1.